The Balaban J connectivity index is 1.81. The lowest BCUT2D eigenvalue weighted by Crippen LogP contribution is -2.27. The number of hydrogen-bond donors (Lipinski definition) is 0. The van der Waals surface area contributed by atoms with Crippen molar-refractivity contribution in [2.45, 2.75) is 78.3 Å². The molecule has 7 nitrogen and oxygen atoms in total. The Bertz CT molecular complexity index is 1980. The van der Waals surface area contributed by atoms with Crippen LogP contribution in [0.1, 0.15) is 78.4 Å². The molecule has 0 saturated carbocycles. The highest BCUT2D eigenvalue weighted by molar-refractivity contribution is 6.48. The van der Waals surface area contributed by atoms with Gasteiger partial charge in [-0.1, -0.05) is 74.7 Å². The van der Waals surface area contributed by atoms with E-state index in [0.29, 0.717) is 11.1 Å². The van der Waals surface area contributed by atoms with E-state index in [2.05, 4.69) is 20.1 Å². The van der Waals surface area contributed by atoms with Gasteiger partial charge in [0.2, 0.25) is 11.6 Å². The highest BCUT2D eigenvalue weighted by atomic mass is 16.5. The molecule has 0 saturated heterocycles. The highest BCUT2D eigenvalue weighted by Crippen LogP contribution is 2.43. The molecule has 0 spiro atoms. The monoisotopic (exact) mass is 632 g/mol. The van der Waals surface area contributed by atoms with Crippen molar-refractivity contribution in [3.63, 3.8) is 0 Å². The number of allylic oxidation sites excluding steroid dienone is 4. The van der Waals surface area contributed by atoms with Gasteiger partial charge >= 0.3 is 5.97 Å². The van der Waals surface area contributed by atoms with Gasteiger partial charge in [0.1, 0.15) is 0 Å². The summed E-state index contributed by atoms with van der Waals surface area (Å²) in [7, 11) is 0. The normalized spacial score (nSPS) is 14.3. The fourth-order valence-corrected chi connectivity index (χ4v) is 6.14. The lowest BCUT2D eigenvalue weighted by molar-refractivity contribution is -0.139. The van der Waals surface area contributed by atoms with Gasteiger partial charge < -0.3 is 18.6 Å². The Morgan fingerprint density at radius 2 is 1.21 bits per heavy atom. The Morgan fingerprint density at radius 3 is 1.68 bits per heavy atom. The zero-order valence-electron chi connectivity index (χ0n) is 28.3. The SMILES string of the molecule is C=CC(C)(C)n1cc(C2=C(OCCCCCC)C(=O)C(c3cn(C(C)(C)C=C)c4ccccc34)=C(OC(C)=O)C2=O)c2ccccc21. The van der Waals surface area contributed by atoms with Crippen molar-refractivity contribution in [3.05, 3.63) is 109 Å². The number of rotatable bonds is 13. The van der Waals surface area contributed by atoms with Gasteiger partial charge in [0, 0.05) is 52.3 Å². The van der Waals surface area contributed by atoms with Crippen molar-refractivity contribution >= 4 is 50.5 Å². The largest absolute Gasteiger partial charge is 0.489 e. The molecule has 2 aromatic carbocycles. The number of unbranched alkanes of at least 4 members (excludes halogenated alkanes) is 3. The van der Waals surface area contributed by atoms with Crippen molar-refractivity contribution < 1.29 is 23.9 Å². The van der Waals surface area contributed by atoms with Crippen molar-refractivity contribution in [1.82, 2.24) is 9.13 Å². The van der Waals surface area contributed by atoms with Crippen LogP contribution >= 0.6 is 0 Å². The highest BCUT2D eigenvalue weighted by Gasteiger charge is 2.42. The molecule has 0 amide bonds. The fourth-order valence-electron chi connectivity index (χ4n) is 6.14. The maximum Gasteiger partial charge on any atom is 0.308 e. The van der Waals surface area contributed by atoms with Crippen LogP contribution in [0, 0.1) is 0 Å². The third kappa shape index (κ3) is 6.02. The van der Waals surface area contributed by atoms with E-state index in [-0.39, 0.29) is 29.3 Å². The molecule has 5 rings (SSSR count). The van der Waals surface area contributed by atoms with E-state index in [0.717, 1.165) is 47.5 Å². The number of carbonyl (C=O) groups is 3. The number of para-hydroxylation sites is 2. The van der Waals surface area contributed by atoms with Gasteiger partial charge in [-0.3, -0.25) is 14.4 Å². The molecule has 7 heteroatoms. The zero-order valence-corrected chi connectivity index (χ0v) is 28.3. The number of benzene rings is 2. The Labute approximate surface area is 276 Å². The summed E-state index contributed by atoms with van der Waals surface area (Å²) in [5, 5.41) is 1.50. The minimum atomic E-state index is -0.702. The van der Waals surface area contributed by atoms with Crippen molar-refractivity contribution in [1.29, 1.82) is 0 Å². The molecule has 0 atom stereocenters. The lowest BCUT2D eigenvalue weighted by Gasteiger charge is -2.25. The van der Waals surface area contributed by atoms with Gasteiger partial charge in [-0.15, -0.1) is 13.2 Å². The molecule has 2 heterocycles. The van der Waals surface area contributed by atoms with Gasteiger partial charge in [0.05, 0.1) is 28.8 Å². The molecule has 47 heavy (non-hydrogen) atoms. The fraction of sp³-hybridized carbons (Fsp3) is 0.325. The number of carbonyl (C=O) groups excluding carboxylic acids is 3. The van der Waals surface area contributed by atoms with E-state index in [4.69, 9.17) is 9.47 Å². The van der Waals surface area contributed by atoms with Gasteiger partial charge in [-0.05, 0) is 46.2 Å². The van der Waals surface area contributed by atoms with Crippen LogP contribution < -0.4 is 0 Å². The first kappa shape index (κ1) is 33.5. The summed E-state index contributed by atoms with van der Waals surface area (Å²) < 4.78 is 16.1. The maximum absolute atomic E-state index is 14.9. The van der Waals surface area contributed by atoms with E-state index >= 15 is 0 Å². The second-order valence-corrected chi connectivity index (χ2v) is 13.1. The Hall–Kier alpha value is -4.91. The average molecular weight is 633 g/mol. The summed E-state index contributed by atoms with van der Waals surface area (Å²) >= 11 is 0. The van der Waals surface area contributed by atoms with E-state index in [1.807, 2.05) is 110 Å². The third-order valence-electron chi connectivity index (χ3n) is 9.01. The number of nitrogens with zero attached hydrogens (tertiary/aromatic N) is 2. The van der Waals surface area contributed by atoms with Crippen LogP contribution in [0.25, 0.3) is 33.0 Å². The molecule has 0 N–H and O–H groups in total. The maximum atomic E-state index is 14.9. The van der Waals surface area contributed by atoms with Crippen LogP contribution in [-0.4, -0.2) is 33.3 Å². The van der Waals surface area contributed by atoms with E-state index in [9.17, 15) is 14.4 Å². The van der Waals surface area contributed by atoms with Crippen molar-refractivity contribution in [3.8, 4) is 0 Å². The Morgan fingerprint density at radius 1 is 0.745 bits per heavy atom. The predicted octanol–water partition coefficient (Wildman–Crippen LogP) is 8.87. The van der Waals surface area contributed by atoms with Crippen LogP contribution in [0.2, 0.25) is 0 Å². The van der Waals surface area contributed by atoms with Crippen LogP contribution in [0.3, 0.4) is 0 Å². The smallest absolute Gasteiger partial charge is 0.308 e. The average Bonchev–Trinajstić information content (AvgIpc) is 3.63. The quantitative estimate of drug-likeness (QED) is 0.0637. The predicted molar refractivity (Wildman–Crippen MR) is 189 cm³/mol. The molecule has 0 radical (unpaired) electrons. The standard InChI is InChI=1S/C40H44N2O5/c1-9-12-13-18-23-46-37-33(29-24-41(39(5,6)10-2)31-21-16-14-19-27(29)31)36(45)38(47-26(4)43)34(35(37)44)30-25-42(40(7,8)11-3)32-22-17-15-20-28(30)32/h10-11,14-17,19-22,24-25H,2-3,9,12-13,18,23H2,1,4-8H3. The molecule has 4 aromatic rings. The second kappa shape index (κ2) is 13.1. The first-order valence-electron chi connectivity index (χ1n) is 16.3. The topological polar surface area (TPSA) is 79.5 Å². The molecule has 0 fully saturated rings. The summed E-state index contributed by atoms with van der Waals surface area (Å²) in [6.07, 6.45) is 11.1. The van der Waals surface area contributed by atoms with Gasteiger partial charge in [-0.25, -0.2) is 0 Å². The number of hydrogen-bond acceptors (Lipinski definition) is 5. The van der Waals surface area contributed by atoms with Crippen molar-refractivity contribution in [2.24, 2.45) is 0 Å². The summed E-state index contributed by atoms with van der Waals surface area (Å²) in [6.45, 7) is 19.7. The minimum Gasteiger partial charge on any atom is -0.489 e. The molecule has 244 valence electrons. The number of ether oxygens (including phenoxy) is 2. The first-order chi connectivity index (χ1) is 22.4. The minimum absolute atomic E-state index is 0.00230. The number of ketones is 2. The van der Waals surface area contributed by atoms with Crippen molar-refractivity contribution in [2.75, 3.05) is 6.61 Å². The third-order valence-corrected chi connectivity index (χ3v) is 9.01. The van der Waals surface area contributed by atoms with E-state index in [1.54, 1.807) is 0 Å². The first-order valence-corrected chi connectivity index (χ1v) is 16.3. The van der Waals surface area contributed by atoms with Crippen LogP contribution in [0.15, 0.2) is 97.8 Å². The lowest BCUT2D eigenvalue weighted by atomic mass is 9.85. The summed E-state index contributed by atoms with van der Waals surface area (Å²) in [6, 6.07) is 15.3. The summed E-state index contributed by atoms with van der Waals surface area (Å²) in [5.41, 5.74) is 1.75. The second-order valence-electron chi connectivity index (χ2n) is 13.1. The van der Waals surface area contributed by atoms with Crippen LogP contribution in [0.5, 0.6) is 0 Å². The molecule has 0 aliphatic heterocycles. The summed E-state index contributed by atoms with van der Waals surface area (Å²) in [4.78, 5) is 42.3. The van der Waals surface area contributed by atoms with Gasteiger partial charge in [-0.2, -0.15) is 0 Å². The molecule has 2 aromatic heterocycles. The molecule has 0 unspecified atom stereocenters. The molecular formula is C40H44N2O5. The Kier molecular flexibility index (Phi) is 9.30. The van der Waals surface area contributed by atoms with E-state index in [1.165, 1.54) is 6.92 Å². The van der Waals surface area contributed by atoms with Crippen LogP contribution in [-0.2, 0) is 34.9 Å². The molecule has 0 bridgehead atoms. The van der Waals surface area contributed by atoms with Gasteiger partial charge in [0.15, 0.2) is 11.5 Å². The van der Waals surface area contributed by atoms with E-state index < -0.39 is 28.6 Å². The number of aromatic nitrogens is 2. The molecule has 1 aliphatic rings. The summed E-state index contributed by atoms with van der Waals surface area (Å²) in [5.74, 6) is -2.15. The molecule has 1 aliphatic carbocycles. The van der Waals surface area contributed by atoms with Crippen LogP contribution in [0.4, 0.5) is 0 Å². The number of Topliss-reactive ketones (excluding diaryl/α,β-unsaturated/α-hetero) is 2. The number of esters is 1. The number of fused-ring (bicyclic) bond motifs is 2. The molecular weight excluding hydrogens is 588 g/mol. The zero-order chi connectivity index (χ0) is 34.1. The van der Waals surface area contributed by atoms with Gasteiger partial charge in [0.25, 0.3) is 0 Å².